The summed E-state index contributed by atoms with van der Waals surface area (Å²) < 4.78 is 59.2. The van der Waals surface area contributed by atoms with E-state index >= 15 is 0 Å². The molecule has 0 bridgehead atoms. The molecule has 16 heteroatoms. The molecule has 0 saturated carbocycles. The Morgan fingerprint density at radius 2 is 1.06 bits per heavy atom. The van der Waals surface area contributed by atoms with Gasteiger partial charge in [-0.3, -0.25) is 19.4 Å². The first-order chi connectivity index (χ1) is 23.7. The van der Waals surface area contributed by atoms with Gasteiger partial charge in [0.1, 0.15) is 11.5 Å². The number of amides is 2. The summed E-state index contributed by atoms with van der Waals surface area (Å²) in [5.74, 6) is -0.344. The highest BCUT2D eigenvalue weighted by Gasteiger charge is 2.27. The van der Waals surface area contributed by atoms with Gasteiger partial charge in [-0.1, -0.05) is 27.7 Å². The lowest BCUT2D eigenvalue weighted by Crippen LogP contribution is -2.40. The second-order valence-electron chi connectivity index (χ2n) is 12.3. The van der Waals surface area contributed by atoms with Crippen LogP contribution in [0.5, 0.6) is 11.5 Å². The van der Waals surface area contributed by atoms with Crippen molar-refractivity contribution in [3.63, 3.8) is 0 Å². The lowest BCUT2D eigenvalue weighted by molar-refractivity contribution is 0.0930. The molecule has 2 aliphatic heterocycles. The molecule has 0 spiro atoms. The second-order valence-corrected chi connectivity index (χ2v) is 16.8. The highest BCUT2D eigenvalue weighted by atomic mass is 32.2. The molecule has 50 heavy (non-hydrogen) atoms. The molecule has 2 amide bonds. The molecule has 0 aliphatic carbocycles. The number of benzene rings is 2. The van der Waals surface area contributed by atoms with Crippen LogP contribution in [0.2, 0.25) is 0 Å². The second kappa shape index (κ2) is 18.1. The summed E-state index contributed by atoms with van der Waals surface area (Å²) in [6.45, 7) is 12.3. The molecule has 2 saturated heterocycles. The smallest absolute Gasteiger partial charge is 0.255 e. The number of nitrogens with two attached hydrogens (primary N) is 2. The number of nitrogens with zero attached hydrogens (tertiary/aromatic N) is 2. The van der Waals surface area contributed by atoms with E-state index in [1.165, 1.54) is 52.3 Å². The zero-order chi connectivity index (χ0) is 37.2. The number of nitrogens with one attached hydrogen (secondary N) is 2. The Morgan fingerprint density at radius 3 is 1.36 bits per heavy atom. The highest BCUT2D eigenvalue weighted by molar-refractivity contribution is 7.91. The fourth-order valence-corrected chi connectivity index (χ4v) is 8.44. The van der Waals surface area contributed by atoms with Crippen LogP contribution < -0.4 is 31.6 Å². The maximum absolute atomic E-state index is 12.6. The van der Waals surface area contributed by atoms with E-state index in [1.54, 1.807) is 0 Å². The molecular weight excluding hydrogens is 685 g/mol. The zero-order valence-corrected chi connectivity index (χ0v) is 31.7. The Hall–Kier alpha value is -3.60. The summed E-state index contributed by atoms with van der Waals surface area (Å²) in [4.78, 5) is 29.8. The molecule has 14 nitrogen and oxygen atoms in total. The highest BCUT2D eigenvalue weighted by Crippen LogP contribution is 2.31. The monoisotopic (exact) mass is 738 g/mol. The van der Waals surface area contributed by atoms with Crippen molar-refractivity contribution >= 4 is 42.9 Å². The van der Waals surface area contributed by atoms with Crippen molar-refractivity contribution in [1.82, 2.24) is 20.4 Å². The third-order valence-electron chi connectivity index (χ3n) is 9.39. The molecule has 0 radical (unpaired) electrons. The van der Waals surface area contributed by atoms with Gasteiger partial charge in [0.05, 0.1) is 58.0 Å². The van der Waals surface area contributed by atoms with Crippen molar-refractivity contribution in [3.05, 3.63) is 35.4 Å². The number of hydrogen-bond donors (Lipinski definition) is 4. The number of likely N-dealkylation sites (tertiary alicyclic amines) is 2. The Balaban J connectivity index is 0.000000270. The number of rotatable bonds is 14. The van der Waals surface area contributed by atoms with Gasteiger partial charge >= 0.3 is 0 Å². The third-order valence-corrected chi connectivity index (χ3v) is 13.0. The van der Waals surface area contributed by atoms with Crippen LogP contribution in [0.25, 0.3) is 0 Å². The first kappa shape index (κ1) is 40.8. The molecule has 2 heterocycles. The summed E-state index contributed by atoms with van der Waals surface area (Å²) in [6.07, 6.45) is 4.34. The first-order valence-electron chi connectivity index (χ1n) is 17.1. The Morgan fingerprint density at radius 1 is 0.700 bits per heavy atom. The quantitative estimate of drug-likeness (QED) is 0.207. The molecule has 2 atom stereocenters. The molecule has 280 valence electrons. The van der Waals surface area contributed by atoms with Gasteiger partial charge in [-0.15, -0.1) is 0 Å². The van der Waals surface area contributed by atoms with Crippen LogP contribution in [0.3, 0.4) is 0 Å². The molecule has 2 aromatic carbocycles. The van der Waals surface area contributed by atoms with Gasteiger partial charge in [-0.05, 0) is 64.0 Å². The van der Waals surface area contributed by atoms with E-state index in [0.29, 0.717) is 25.2 Å². The molecule has 0 unspecified atom stereocenters. The van der Waals surface area contributed by atoms with Gasteiger partial charge in [-0.2, -0.15) is 0 Å². The van der Waals surface area contributed by atoms with E-state index in [9.17, 15) is 26.4 Å². The normalized spacial score (nSPS) is 18.3. The van der Waals surface area contributed by atoms with E-state index in [-0.39, 0.29) is 67.1 Å². The number of anilines is 2. The molecule has 4 rings (SSSR count). The average molecular weight is 739 g/mol. The molecule has 2 aliphatic rings. The standard InChI is InChI=1S/2C17H27N3O4S/c2*1-4-20-8-6-7-12(20)11-19-17(21)13-9-16(25(22,23)5-2)14(18)10-15(13)24-3/h2*9-10,12H,4-8,11,18H2,1-3H3,(H,19,21)/t2*12-/m11/s1. The number of carbonyl (C=O) groups is 2. The number of nitrogen functional groups attached to an aromatic ring is 2. The maximum atomic E-state index is 12.6. The summed E-state index contributed by atoms with van der Waals surface area (Å²) in [5.41, 5.74) is 12.2. The van der Waals surface area contributed by atoms with Gasteiger partial charge in [-0.25, -0.2) is 16.8 Å². The van der Waals surface area contributed by atoms with E-state index < -0.39 is 19.7 Å². The van der Waals surface area contributed by atoms with Gasteiger partial charge in [0.25, 0.3) is 11.8 Å². The first-order valence-corrected chi connectivity index (χ1v) is 20.4. The fraction of sp³-hybridized carbons (Fsp3) is 0.588. The minimum atomic E-state index is -3.52. The van der Waals surface area contributed by atoms with Crippen LogP contribution in [-0.2, 0) is 19.7 Å². The summed E-state index contributed by atoms with van der Waals surface area (Å²) >= 11 is 0. The number of ether oxygens (including phenoxy) is 2. The van der Waals surface area contributed by atoms with E-state index in [4.69, 9.17) is 20.9 Å². The van der Waals surface area contributed by atoms with Crippen molar-refractivity contribution in [2.24, 2.45) is 0 Å². The summed E-state index contributed by atoms with van der Waals surface area (Å²) in [6, 6.07) is 6.04. The molecule has 6 N–H and O–H groups in total. The van der Waals surface area contributed by atoms with Gasteiger partial charge < -0.3 is 31.6 Å². The third kappa shape index (κ3) is 9.80. The van der Waals surface area contributed by atoms with Crippen molar-refractivity contribution in [3.8, 4) is 11.5 Å². The number of likely N-dealkylation sites (N-methyl/N-ethyl adjacent to an activating group) is 2. The Bertz CT molecular complexity index is 1590. The van der Waals surface area contributed by atoms with Gasteiger partial charge in [0.15, 0.2) is 19.7 Å². The molecular formula is C34H54N6O8S2. The average Bonchev–Trinajstić information content (AvgIpc) is 3.78. The Kier molecular flexibility index (Phi) is 14.7. The Labute approximate surface area is 297 Å². The van der Waals surface area contributed by atoms with Crippen LogP contribution >= 0.6 is 0 Å². The molecule has 0 aromatic heterocycles. The predicted octanol–water partition coefficient (Wildman–Crippen LogP) is 2.57. The zero-order valence-electron chi connectivity index (χ0n) is 30.1. The van der Waals surface area contributed by atoms with Crippen molar-refractivity contribution in [2.75, 3.05) is 76.5 Å². The minimum Gasteiger partial charge on any atom is -0.496 e. The summed E-state index contributed by atoms with van der Waals surface area (Å²) in [7, 11) is -4.19. The number of hydrogen-bond acceptors (Lipinski definition) is 12. The number of sulfone groups is 2. The molecule has 2 fully saturated rings. The maximum Gasteiger partial charge on any atom is 0.255 e. The lowest BCUT2D eigenvalue weighted by Gasteiger charge is -2.23. The van der Waals surface area contributed by atoms with Crippen molar-refractivity contribution < 1.29 is 35.9 Å². The van der Waals surface area contributed by atoms with Crippen LogP contribution in [0.15, 0.2) is 34.1 Å². The van der Waals surface area contributed by atoms with E-state index in [0.717, 1.165) is 51.9 Å². The SMILES string of the molecule is CCN1CCC[C@@H]1CNC(=O)c1cc(S(=O)(=O)CC)c(N)cc1OC.CCN1CCC[C@@H]1CNC(=O)c1cc(S(=O)(=O)CC)c(N)cc1OC. The number of carbonyl (C=O) groups excluding carboxylic acids is 2. The van der Waals surface area contributed by atoms with Gasteiger partial charge in [0.2, 0.25) is 0 Å². The van der Waals surface area contributed by atoms with Crippen LogP contribution in [0, 0.1) is 0 Å². The molecule has 2 aromatic rings. The van der Waals surface area contributed by atoms with E-state index in [2.05, 4.69) is 34.3 Å². The van der Waals surface area contributed by atoms with Crippen LogP contribution in [0.4, 0.5) is 11.4 Å². The van der Waals surface area contributed by atoms with Crippen molar-refractivity contribution in [2.45, 2.75) is 75.3 Å². The van der Waals surface area contributed by atoms with E-state index in [1.807, 2.05) is 0 Å². The van der Waals surface area contributed by atoms with Crippen LogP contribution in [-0.4, -0.2) is 116 Å². The van der Waals surface area contributed by atoms with Crippen molar-refractivity contribution in [1.29, 1.82) is 0 Å². The fourth-order valence-electron chi connectivity index (χ4n) is 6.39. The minimum absolute atomic E-state index is 0.0306. The van der Waals surface area contributed by atoms with Gasteiger partial charge in [0, 0.05) is 37.3 Å². The summed E-state index contributed by atoms with van der Waals surface area (Å²) in [5, 5.41) is 5.80. The van der Waals surface area contributed by atoms with Crippen LogP contribution in [0.1, 0.15) is 74.1 Å². The largest absolute Gasteiger partial charge is 0.496 e. The topological polar surface area (TPSA) is 203 Å². The lowest BCUT2D eigenvalue weighted by atomic mass is 10.1. The predicted molar refractivity (Wildman–Crippen MR) is 195 cm³/mol. The number of methoxy groups -OCH3 is 2.